The summed E-state index contributed by atoms with van der Waals surface area (Å²) in [5.74, 6) is -3.97. The van der Waals surface area contributed by atoms with Crippen LogP contribution in [0.4, 0.5) is 30.2 Å². The fourth-order valence-electron chi connectivity index (χ4n) is 1.56. The van der Waals surface area contributed by atoms with Crippen molar-refractivity contribution >= 4 is 17.1 Å². The Hall–Kier alpha value is -2.17. The highest BCUT2D eigenvalue weighted by molar-refractivity contribution is 5.69. The number of nitrogen functional groups attached to an aromatic ring is 1. The van der Waals surface area contributed by atoms with Gasteiger partial charge < -0.3 is 11.1 Å². The van der Waals surface area contributed by atoms with Gasteiger partial charge in [-0.3, -0.25) is 0 Å². The van der Waals surface area contributed by atoms with Gasteiger partial charge in [0.2, 0.25) is 0 Å². The summed E-state index contributed by atoms with van der Waals surface area (Å²) in [4.78, 5) is 0. The second-order valence-electron chi connectivity index (χ2n) is 3.87. The first-order valence-corrected chi connectivity index (χ1v) is 5.26. The van der Waals surface area contributed by atoms with Crippen LogP contribution < -0.4 is 11.1 Å². The second kappa shape index (κ2) is 4.60. The van der Waals surface area contributed by atoms with Crippen LogP contribution in [0.15, 0.2) is 30.3 Å². The van der Waals surface area contributed by atoms with Crippen molar-refractivity contribution in [2.45, 2.75) is 6.92 Å². The van der Waals surface area contributed by atoms with Crippen LogP contribution in [0.3, 0.4) is 0 Å². The summed E-state index contributed by atoms with van der Waals surface area (Å²) < 4.78 is 39.3. The molecule has 2 aromatic carbocycles. The van der Waals surface area contributed by atoms with Gasteiger partial charge in [-0.2, -0.15) is 0 Å². The maximum absolute atomic E-state index is 13.5. The molecule has 0 aromatic heterocycles. The third-order valence-electron chi connectivity index (χ3n) is 2.68. The molecule has 0 heterocycles. The van der Waals surface area contributed by atoms with Gasteiger partial charge in [0.05, 0.1) is 5.69 Å². The molecule has 5 heteroatoms. The molecule has 0 radical (unpaired) electrons. The number of benzene rings is 2. The lowest BCUT2D eigenvalue weighted by Crippen LogP contribution is -2.01. The lowest BCUT2D eigenvalue weighted by molar-refractivity contribution is 0.449. The molecule has 0 aliphatic carbocycles. The Morgan fingerprint density at radius 2 is 1.67 bits per heavy atom. The number of anilines is 3. The number of nitrogens with one attached hydrogen (secondary N) is 1. The highest BCUT2D eigenvalue weighted by Gasteiger charge is 2.14. The molecular formula is C13H11F3N2. The van der Waals surface area contributed by atoms with Crippen molar-refractivity contribution in [2.24, 2.45) is 0 Å². The minimum atomic E-state index is -1.50. The highest BCUT2D eigenvalue weighted by atomic mass is 19.2. The van der Waals surface area contributed by atoms with Gasteiger partial charge in [-0.15, -0.1) is 0 Å². The molecule has 0 unspecified atom stereocenters. The van der Waals surface area contributed by atoms with Crippen LogP contribution in [0.2, 0.25) is 0 Å². The predicted octanol–water partition coefficient (Wildman–Crippen LogP) is 3.74. The number of rotatable bonds is 2. The molecule has 3 N–H and O–H groups in total. The molecule has 0 saturated heterocycles. The van der Waals surface area contributed by atoms with Crippen LogP contribution >= 0.6 is 0 Å². The van der Waals surface area contributed by atoms with Crippen molar-refractivity contribution in [3.8, 4) is 0 Å². The average Bonchev–Trinajstić information content (AvgIpc) is 2.35. The molecule has 0 amide bonds. The van der Waals surface area contributed by atoms with Crippen molar-refractivity contribution in [1.82, 2.24) is 0 Å². The molecule has 0 atom stereocenters. The molecule has 0 aliphatic heterocycles. The fraction of sp³-hybridized carbons (Fsp3) is 0.0769. The van der Waals surface area contributed by atoms with E-state index < -0.39 is 17.5 Å². The summed E-state index contributed by atoms with van der Waals surface area (Å²) >= 11 is 0. The van der Waals surface area contributed by atoms with E-state index in [0.717, 1.165) is 12.1 Å². The molecular weight excluding hydrogens is 241 g/mol. The zero-order chi connectivity index (χ0) is 13.3. The van der Waals surface area contributed by atoms with E-state index in [-0.39, 0.29) is 5.69 Å². The van der Waals surface area contributed by atoms with Crippen molar-refractivity contribution in [1.29, 1.82) is 0 Å². The number of hydrogen-bond donors (Lipinski definition) is 2. The van der Waals surface area contributed by atoms with E-state index in [4.69, 9.17) is 5.73 Å². The summed E-state index contributed by atoms with van der Waals surface area (Å²) in [5, 5.41) is 2.69. The van der Waals surface area contributed by atoms with Crippen LogP contribution in [0.1, 0.15) is 5.56 Å². The van der Waals surface area contributed by atoms with Gasteiger partial charge in [-0.25, -0.2) is 13.2 Å². The van der Waals surface area contributed by atoms with Crippen LogP contribution in [-0.2, 0) is 0 Å². The summed E-state index contributed by atoms with van der Waals surface area (Å²) in [5.41, 5.74) is 7.34. The monoisotopic (exact) mass is 252 g/mol. The molecule has 0 aliphatic rings. The molecule has 0 bridgehead atoms. The predicted molar refractivity (Wildman–Crippen MR) is 65.2 cm³/mol. The fourth-order valence-corrected chi connectivity index (χ4v) is 1.56. The van der Waals surface area contributed by atoms with Crippen molar-refractivity contribution in [3.63, 3.8) is 0 Å². The molecule has 0 saturated carbocycles. The number of nitrogens with two attached hydrogens (primary N) is 1. The van der Waals surface area contributed by atoms with Crippen molar-refractivity contribution < 1.29 is 13.2 Å². The summed E-state index contributed by atoms with van der Waals surface area (Å²) in [6, 6.07) is 7.05. The van der Waals surface area contributed by atoms with E-state index in [1.807, 2.05) is 0 Å². The number of halogens is 3. The minimum absolute atomic E-state index is 0.136. The van der Waals surface area contributed by atoms with E-state index in [0.29, 0.717) is 16.9 Å². The molecule has 2 rings (SSSR count). The molecule has 18 heavy (non-hydrogen) atoms. The van der Waals surface area contributed by atoms with Crippen LogP contribution in [0, 0.1) is 24.4 Å². The SMILES string of the molecule is Cc1c(N)cccc1Nc1ccc(F)c(F)c1F. The quantitative estimate of drug-likeness (QED) is 0.631. The van der Waals surface area contributed by atoms with Crippen LogP contribution in [0.5, 0.6) is 0 Å². The summed E-state index contributed by atoms with van der Waals surface area (Å²) in [6.45, 7) is 1.75. The Morgan fingerprint density at radius 3 is 2.39 bits per heavy atom. The Morgan fingerprint density at radius 1 is 0.944 bits per heavy atom. The van der Waals surface area contributed by atoms with Gasteiger partial charge in [-0.1, -0.05) is 6.07 Å². The maximum Gasteiger partial charge on any atom is 0.196 e. The summed E-state index contributed by atoms with van der Waals surface area (Å²) in [6.07, 6.45) is 0. The van der Waals surface area contributed by atoms with E-state index in [1.165, 1.54) is 0 Å². The Balaban J connectivity index is 2.41. The number of hydrogen-bond acceptors (Lipinski definition) is 2. The zero-order valence-electron chi connectivity index (χ0n) is 9.60. The average molecular weight is 252 g/mol. The van der Waals surface area contributed by atoms with Crippen molar-refractivity contribution in [2.75, 3.05) is 11.1 Å². The lowest BCUT2D eigenvalue weighted by atomic mass is 10.1. The standard InChI is InChI=1S/C13H11F3N2/c1-7-9(17)3-2-4-10(7)18-11-6-5-8(14)12(15)13(11)16/h2-6,18H,17H2,1H3. The molecule has 94 valence electrons. The largest absolute Gasteiger partial charge is 0.398 e. The van der Waals surface area contributed by atoms with Gasteiger partial charge in [-0.05, 0) is 36.8 Å². The Bertz CT molecular complexity index is 597. The van der Waals surface area contributed by atoms with Gasteiger partial charge in [0, 0.05) is 11.4 Å². The van der Waals surface area contributed by atoms with Gasteiger partial charge >= 0.3 is 0 Å². The molecule has 2 aromatic rings. The maximum atomic E-state index is 13.5. The third-order valence-corrected chi connectivity index (χ3v) is 2.68. The first-order chi connectivity index (χ1) is 8.50. The topological polar surface area (TPSA) is 38.0 Å². The van der Waals surface area contributed by atoms with Gasteiger partial charge in [0.1, 0.15) is 0 Å². The van der Waals surface area contributed by atoms with E-state index in [2.05, 4.69) is 5.32 Å². The smallest absolute Gasteiger partial charge is 0.196 e. The third kappa shape index (κ3) is 2.11. The van der Waals surface area contributed by atoms with E-state index >= 15 is 0 Å². The molecule has 0 fully saturated rings. The van der Waals surface area contributed by atoms with Gasteiger partial charge in [0.25, 0.3) is 0 Å². The normalized spacial score (nSPS) is 10.4. The molecule has 0 spiro atoms. The Labute approximate surface area is 102 Å². The summed E-state index contributed by atoms with van der Waals surface area (Å²) in [7, 11) is 0. The van der Waals surface area contributed by atoms with Crippen molar-refractivity contribution in [3.05, 3.63) is 53.3 Å². The van der Waals surface area contributed by atoms with Crippen LogP contribution in [0.25, 0.3) is 0 Å². The van der Waals surface area contributed by atoms with Crippen LogP contribution in [-0.4, -0.2) is 0 Å². The van der Waals surface area contributed by atoms with Gasteiger partial charge in [0.15, 0.2) is 17.5 Å². The minimum Gasteiger partial charge on any atom is -0.398 e. The molecule has 2 nitrogen and oxygen atoms in total. The Kier molecular flexibility index (Phi) is 3.14. The first kappa shape index (κ1) is 12.3. The second-order valence-corrected chi connectivity index (χ2v) is 3.87. The first-order valence-electron chi connectivity index (χ1n) is 5.26. The lowest BCUT2D eigenvalue weighted by Gasteiger charge is -2.12. The van der Waals surface area contributed by atoms with E-state index in [1.54, 1.807) is 25.1 Å². The highest BCUT2D eigenvalue weighted by Crippen LogP contribution is 2.27. The van der Waals surface area contributed by atoms with E-state index in [9.17, 15) is 13.2 Å². The zero-order valence-corrected chi connectivity index (χ0v) is 9.60.